The zero-order valence-electron chi connectivity index (χ0n) is 29.1. The molecule has 1 nitrogen and oxygen atoms in total. The first-order valence-corrected chi connectivity index (χ1v) is 17.9. The molecule has 0 aliphatic heterocycles. The van der Waals surface area contributed by atoms with Gasteiger partial charge in [0.1, 0.15) is 0 Å². The van der Waals surface area contributed by atoms with Crippen molar-refractivity contribution in [2.75, 3.05) is 4.90 Å². The molecule has 9 aromatic carbocycles. The molecule has 9 rings (SSSR count). The zero-order valence-corrected chi connectivity index (χ0v) is 29.1. The van der Waals surface area contributed by atoms with E-state index in [1.807, 2.05) is 0 Å². The second-order valence-corrected chi connectivity index (χ2v) is 13.4. The van der Waals surface area contributed by atoms with Crippen LogP contribution in [0.5, 0.6) is 0 Å². The van der Waals surface area contributed by atoms with Crippen LogP contribution in [0.3, 0.4) is 0 Å². The average molecular weight is 664 g/mol. The Kier molecular flexibility index (Phi) is 8.15. The monoisotopic (exact) mass is 663 g/mol. The van der Waals surface area contributed by atoms with E-state index in [0.29, 0.717) is 0 Å². The Morgan fingerprint density at radius 3 is 1.73 bits per heavy atom. The minimum Gasteiger partial charge on any atom is -0.309 e. The molecule has 9 aromatic rings. The summed E-state index contributed by atoms with van der Waals surface area (Å²) < 4.78 is 0. The highest BCUT2D eigenvalue weighted by atomic mass is 15.1. The quantitative estimate of drug-likeness (QED) is 0.164. The van der Waals surface area contributed by atoms with Crippen LogP contribution in [-0.4, -0.2) is 0 Å². The van der Waals surface area contributed by atoms with E-state index in [1.54, 1.807) is 0 Å². The molecule has 0 bridgehead atoms. The lowest BCUT2D eigenvalue weighted by Gasteiger charge is -2.31. The number of benzene rings is 9. The molecule has 0 amide bonds. The number of rotatable bonds is 7. The first-order valence-electron chi connectivity index (χ1n) is 17.9. The van der Waals surface area contributed by atoms with Gasteiger partial charge in [-0.15, -0.1) is 0 Å². The fourth-order valence-electron chi connectivity index (χ4n) is 7.61. The van der Waals surface area contributed by atoms with Gasteiger partial charge in [-0.05, 0) is 92.2 Å². The van der Waals surface area contributed by atoms with E-state index in [2.05, 4.69) is 218 Å². The molecule has 0 fully saturated rings. The topological polar surface area (TPSA) is 3.24 Å². The maximum atomic E-state index is 2.46. The fraction of sp³-hybridized carbons (Fsp3) is 0.0196. The third-order valence-electron chi connectivity index (χ3n) is 10.1. The minimum atomic E-state index is 1.09. The Balaban J connectivity index is 1.35. The summed E-state index contributed by atoms with van der Waals surface area (Å²) in [5.74, 6) is 0. The molecular weight excluding hydrogens is 627 g/mol. The van der Waals surface area contributed by atoms with Gasteiger partial charge in [0, 0.05) is 16.8 Å². The van der Waals surface area contributed by atoms with Crippen LogP contribution in [0.15, 0.2) is 206 Å². The van der Waals surface area contributed by atoms with Gasteiger partial charge in [0.25, 0.3) is 0 Å². The Hall–Kier alpha value is -6.70. The zero-order chi connectivity index (χ0) is 34.9. The molecule has 0 aromatic heterocycles. The number of aryl methyl sites for hydroxylation is 1. The minimum absolute atomic E-state index is 1.09. The van der Waals surface area contributed by atoms with Crippen LogP contribution in [0.2, 0.25) is 0 Å². The maximum absolute atomic E-state index is 2.46. The highest BCUT2D eigenvalue weighted by molar-refractivity contribution is 6.06. The largest absolute Gasteiger partial charge is 0.309 e. The van der Waals surface area contributed by atoms with Crippen molar-refractivity contribution in [3.05, 3.63) is 212 Å². The molecule has 0 heterocycles. The molecule has 0 saturated heterocycles. The van der Waals surface area contributed by atoms with Crippen LogP contribution in [0.1, 0.15) is 5.56 Å². The number of anilines is 3. The molecule has 1 heteroatoms. The molecule has 0 aliphatic rings. The highest BCUT2D eigenvalue weighted by Gasteiger charge is 2.23. The van der Waals surface area contributed by atoms with Crippen molar-refractivity contribution in [3.63, 3.8) is 0 Å². The second kappa shape index (κ2) is 13.5. The van der Waals surface area contributed by atoms with Gasteiger partial charge in [-0.3, -0.25) is 0 Å². The van der Waals surface area contributed by atoms with Crippen molar-refractivity contribution >= 4 is 38.6 Å². The van der Waals surface area contributed by atoms with Crippen molar-refractivity contribution in [1.29, 1.82) is 0 Å². The Morgan fingerprint density at radius 1 is 0.327 bits per heavy atom. The summed E-state index contributed by atoms with van der Waals surface area (Å²) in [6.07, 6.45) is 0. The molecule has 246 valence electrons. The van der Waals surface area contributed by atoms with E-state index < -0.39 is 0 Å². The average Bonchev–Trinajstić information content (AvgIpc) is 3.21. The van der Waals surface area contributed by atoms with Crippen molar-refractivity contribution in [3.8, 4) is 44.5 Å². The summed E-state index contributed by atoms with van der Waals surface area (Å²) >= 11 is 0. The van der Waals surface area contributed by atoms with E-state index in [4.69, 9.17) is 0 Å². The van der Waals surface area contributed by atoms with Crippen molar-refractivity contribution in [2.45, 2.75) is 6.92 Å². The molecular formula is C51H37N. The van der Waals surface area contributed by atoms with E-state index in [-0.39, 0.29) is 0 Å². The van der Waals surface area contributed by atoms with E-state index in [1.165, 1.54) is 71.6 Å². The molecule has 0 radical (unpaired) electrons. The van der Waals surface area contributed by atoms with Crippen LogP contribution < -0.4 is 4.90 Å². The smallest absolute Gasteiger partial charge is 0.0546 e. The number of hydrogen-bond acceptors (Lipinski definition) is 1. The number of para-hydroxylation sites is 1. The molecule has 0 unspecified atom stereocenters. The first kappa shape index (κ1) is 31.3. The van der Waals surface area contributed by atoms with Crippen LogP contribution in [0, 0.1) is 6.92 Å². The summed E-state index contributed by atoms with van der Waals surface area (Å²) in [6, 6.07) is 75.0. The predicted molar refractivity (Wildman–Crippen MR) is 223 cm³/mol. The lowest BCUT2D eigenvalue weighted by molar-refractivity contribution is 1.28. The Morgan fingerprint density at radius 2 is 0.904 bits per heavy atom. The van der Waals surface area contributed by atoms with Gasteiger partial charge in [-0.25, -0.2) is 0 Å². The van der Waals surface area contributed by atoms with Gasteiger partial charge in [0.15, 0.2) is 0 Å². The number of fused-ring (bicyclic) bond motifs is 2. The summed E-state index contributed by atoms with van der Waals surface area (Å²) in [6.45, 7) is 2.17. The maximum Gasteiger partial charge on any atom is 0.0546 e. The van der Waals surface area contributed by atoms with Gasteiger partial charge >= 0.3 is 0 Å². The number of hydrogen-bond donors (Lipinski definition) is 0. The van der Waals surface area contributed by atoms with Crippen molar-refractivity contribution < 1.29 is 0 Å². The van der Waals surface area contributed by atoms with E-state index >= 15 is 0 Å². The molecule has 0 spiro atoms. The van der Waals surface area contributed by atoms with Crippen LogP contribution in [-0.2, 0) is 0 Å². The summed E-state index contributed by atoms with van der Waals surface area (Å²) in [5, 5.41) is 4.94. The highest BCUT2D eigenvalue weighted by Crippen LogP contribution is 2.49. The fourth-order valence-corrected chi connectivity index (χ4v) is 7.61. The standard InChI is InChI=1S/C51H37N/c1-36-26-27-39-28-29-42(35-43(39)34-36)51-48(47-22-12-19-40-18-8-9-20-45(40)47)23-13-25-50(51)52(44-32-30-38(31-33-44)37-14-4-2-5-15-37)49-24-11-10-21-46(49)41-16-6-3-7-17-41/h2-35H,1H3. The summed E-state index contributed by atoms with van der Waals surface area (Å²) in [4.78, 5) is 2.46. The molecule has 52 heavy (non-hydrogen) atoms. The normalized spacial score (nSPS) is 11.2. The van der Waals surface area contributed by atoms with Gasteiger partial charge in [0.2, 0.25) is 0 Å². The second-order valence-electron chi connectivity index (χ2n) is 13.4. The van der Waals surface area contributed by atoms with Crippen LogP contribution in [0.25, 0.3) is 66.1 Å². The van der Waals surface area contributed by atoms with Gasteiger partial charge in [-0.1, -0.05) is 181 Å². The molecule has 0 N–H and O–H groups in total. The third-order valence-corrected chi connectivity index (χ3v) is 10.1. The first-order chi connectivity index (χ1) is 25.7. The SMILES string of the molecule is Cc1ccc2ccc(-c3c(-c4cccc5ccccc45)cccc3N(c3ccc(-c4ccccc4)cc3)c3ccccc3-c3ccccc3)cc2c1. The summed E-state index contributed by atoms with van der Waals surface area (Å²) in [5.41, 5.74) is 14.1. The molecule has 0 saturated carbocycles. The molecule has 0 atom stereocenters. The van der Waals surface area contributed by atoms with E-state index in [0.717, 1.165) is 17.1 Å². The van der Waals surface area contributed by atoms with Gasteiger partial charge in [0.05, 0.1) is 11.4 Å². The summed E-state index contributed by atoms with van der Waals surface area (Å²) in [7, 11) is 0. The van der Waals surface area contributed by atoms with Gasteiger partial charge < -0.3 is 4.90 Å². The lowest BCUT2D eigenvalue weighted by Crippen LogP contribution is -2.13. The third kappa shape index (κ3) is 5.83. The lowest BCUT2D eigenvalue weighted by atomic mass is 9.88. The Labute approximate surface area is 305 Å². The number of nitrogens with zero attached hydrogens (tertiary/aromatic N) is 1. The molecule has 0 aliphatic carbocycles. The van der Waals surface area contributed by atoms with Gasteiger partial charge in [-0.2, -0.15) is 0 Å². The van der Waals surface area contributed by atoms with Crippen molar-refractivity contribution in [1.82, 2.24) is 0 Å². The Bertz CT molecular complexity index is 2670. The van der Waals surface area contributed by atoms with E-state index in [9.17, 15) is 0 Å². The predicted octanol–water partition coefficient (Wildman–Crippen LogP) is 14.4. The van der Waals surface area contributed by atoms with Crippen molar-refractivity contribution in [2.24, 2.45) is 0 Å². The van der Waals surface area contributed by atoms with Crippen LogP contribution >= 0.6 is 0 Å². The van der Waals surface area contributed by atoms with Crippen LogP contribution in [0.4, 0.5) is 17.1 Å².